The van der Waals surface area contributed by atoms with Crippen molar-refractivity contribution < 1.29 is 28.5 Å². The zero-order valence-electron chi connectivity index (χ0n) is 16.9. The normalized spacial score (nSPS) is 24.3. The van der Waals surface area contributed by atoms with E-state index in [-0.39, 0.29) is 23.9 Å². The van der Waals surface area contributed by atoms with E-state index >= 15 is 0 Å². The topological polar surface area (TPSA) is 69.8 Å². The van der Waals surface area contributed by atoms with Gasteiger partial charge in [0.05, 0.1) is 18.8 Å². The van der Waals surface area contributed by atoms with Crippen LogP contribution in [0.25, 0.3) is 0 Å². The summed E-state index contributed by atoms with van der Waals surface area (Å²) in [7, 11) is 0. The molecule has 2 aromatic rings. The number of ether oxygens (including phenoxy) is 5. The van der Waals surface area contributed by atoms with Crippen molar-refractivity contribution in [1.82, 2.24) is 0 Å². The van der Waals surface area contributed by atoms with Crippen LogP contribution in [0.3, 0.4) is 0 Å². The number of hydrogen-bond donors (Lipinski definition) is 0. The van der Waals surface area contributed by atoms with Crippen LogP contribution < -0.4 is 14.2 Å². The molecular weight excluding hydrogens is 372 g/mol. The third-order valence-electron chi connectivity index (χ3n) is 5.36. The van der Waals surface area contributed by atoms with Crippen LogP contribution >= 0.6 is 0 Å². The molecule has 2 aliphatic heterocycles. The molecule has 0 radical (unpaired) electrons. The lowest BCUT2D eigenvalue weighted by Crippen LogP contribution is -2.29. The van der Waals surface area contributed by atoms with Gasteiger partial charge in [-0.1, -0.05) is 6.92 Å². The van der Waals surface area contributed by atoms with Gasteiger partial charge in [0.1, 0.15) is 41.2 Å². The summed E-state index contributed by atoms with van der Waals surface area (Å²) in [4.78, 5) is 12.4. The summed E-state index contributed by atoms with van der Waals surface area (Å²) in [6.45, 7) is 7.52. The Labute approximate surface area is 170 Å². The Morgan fingerprint density at radius 3 is 2.17 bits per heavy atom. The number of hydrogen-bond acceptors (Lipinski definition) is 6. The number of esters is 1. The van der Waals surface area contributed by atoms with Crippen LogP contribution in [0.4, 0.5) is 0 Å². The van der Waals surface area contributed by atoms with Gasteiger partial charge in [0, 0.05) is 0 Å². The molecule has 2 aromatic carbocycles. The predicted octanol–water partition coefficient (Wildman–Crippen LogP) is 4.02. The van der Waals surface area contributed by atoms with Crippen LogP contribution in [0.2, 0.25) is 0 Å². The SMILES string of the molecule is CCC(Oc1ccc(OC(=O)c2ccc(OC(C)C3(C)CO3)cc2)cc1)C1CO1. The maximum atomic E-state index is 12.4. The molecule has 4 unspecified atom stereocenters. The summed E-state index contributed by atoms with van der Waals surface area (Å²) >= 11 is 0. The second-order valence-corrected chi connectivity index (χ2v) is 7.68. The molecule has 154 valence electrons. The van der Waals surface area contributed by atoms with E-state index < -0.39 is 5.97 Å². The van der Waals surface area contributed by atoms with Gasteiger partial charge >= 0.3 is 5.97 Å². The highest BCUT2D eigenvalue weighted by Gasteiger charge is 2.46. The Balaban J connectivity index is 1.31. The summed E-state index contributed by atoms with van der Waals surface area (Å²) in [6, 6.07) is 14.0. The zero-order valence-corrected chi connectivity index (χ0v) is 16.9. The molecule has 0 aliphatic carbocycles. The average molecular weight is 398 g/mol. The van der Waals surface area contributed by atoms with Crippen LogP contribution in [0.15, 0.2) is 48.5 Å². The monoisotopic (exact) mass is 398 g/mol. The van der Waals surface area contributed by atoms with Crippen molar-refractivity contribution in [2.24, 2.45) is 0 Å². The molecule has 29 heavy (non-hydrogen) atoms. The highest BCUT2D eigenvalue weighted by molar-refractivity contribution is 5.91. The van der Waals surface area contributed by atoms with Crippen molar-refractivity contribution in [3.63, 3.8) is 0 Å². The van der Waals surface area contributed by atoms with Gasteiger partial charge in [-0.05, 0) is 68.8 Å². The lowest BCUT2D eigenvalue weighted by molar-refractivity contribution is 0.0734. The van der Waals surface area contributed by atoms with E-state index in [0.717, 1.165) is 18.8 Å². The first-order chi connectivity index (χ1) is 14.0. The summed E-state index contributed by atoms with van der Waals surface area (Å²) in [5.41, 5.74) is 0.243. The van der Waals surface area contributed by atoms with Crippen molar-refractivity contribution in [1.29, 1.82) is 0 Å². The molecular formula is C23H26O6. The van der Waals surface area contributed by atoms with Crippen molar-refractivity contribution >= 4 is 5.97 Å². The van der Waals surface area contributed by atoms with Gasteiger partial charge in [-0.3, -0.25) is 0 Å². The fourth-order valence-corrected chi connectivity index (χ4v) is 2.97. The van der Waals surface area contributed by atoms with Crippen LogP contribution in [-0.2, 0) is 9.47 Å². The Kier molecular flexibility index (Phi) is 5.48. The number of epoxide rings is 2. The quantitative estimate of drug-likeness (QED) is 0.361. The fourth-order valence-electron chi connectivity index (χ4n) is 2.97. The predicted molar refractivity (Wildman–Crippen MR) is 107 cm³/mol. The highest BCUT2D eigenvalue weighted by atomic mass is 16.6. The van der Waals surface area contributed by atoms with Gasteiger partial charge in [0.25, 0.3) is 0 Å². The second kappa shape index (κ2) is 8.05. The Hall–Kier alpha value is -2.57. The van der Waals surface area contributed by atoms with Crippen LogP contribution in [0, 0.1) is 0 Å². The number of carbonyl (C=O) groups excluding carboxylic acids is 1. The first-order valence-corrected chi connectivity index (χ1v) is 9.98. The Morgan fingerprint density at radius 1 is 1.07 bits per heavy atom. The summed E-state index contributed by atoms with van der Waals surface area (Å²) in [5, 5.41) is 0. The molecule has 4 atom stereocenters. The maximum absolute atomic E-state index is 12.4. The molecule has 2 aliphatic rings. The first-order valence-electron chi connectivity index (χ1n) is 9.98. The molecule has 0 N–H and O–H groups in total. The molecule has 2 fully saturated rings. The Morgan fingerprint density at radius 2 is 1.62 bits per heavy atom. The van der Waals surface area contributed by atoms with Gasteiger partial charge in [-0.25, -0.2) is 4.79 Å². The molecule has 0 spiro atoms. The van der Waals surface area contributed by atoms with E-state index in [1.807, 2.05) is 13.8 Å². The molecule has 2 saturated heterocycles. The first kappa shape index (κ1) is 19.7. The van der Waals surface area contributed by atoms with E-state index in [9.17, 15) is 4.79 Å². The molecule has 2 heterocycles. The smallest absolute Gasteiger partial charge is 0.343 e. The minimum atomic E-state index is -0.423. The van der Waals surface area contributed by atoms with Gasteiger partial charge in [-0.15, -0.1) is 0 Å². The van der Waals surface area contributed by atoms with E-state index in [2.05, 4.69) is 6.92 Å². The molecule has 0 amide bonds. The lowest BCUT2D eigenvalue weighted by atomic mass is 10.1. The highest BCUT2D eigenvalue weighted by Crippen LogP contribution is 2.32. The zero-order chi connectivity index (χ0) is 20.4. The molecule has 6 heteroatoms. The van der Waals surface area contributed by atoms with E-state index in [0.29, 0.717) is 23.7 Å². The number of carbonyl (C=O) groups is 1. The van der Waals surface area contributed by atoms with E-state index in [1.54, 1.807) is 48.5 Å². The van der Waals surface area contributed by atoms with Crippen LogP contribution in [0.5, 0.6) is 17.2 Å². The van der Waals surface area contributed by atoms with Crippen LogP contribution in [-0.4, -0.2) is 43.1 Å². The molecule has 6 nitrogen and oxygen atoms in total. The minimum Gasteiger partial charge on any atom is -0.488 e. The second-order valence-electron chi connectivity index (χ2n) is 7.68. The molecule has 0 saturated carbocycles. The van der Waals surface area contributed by atoms with E-state index in [4.69, 9.17) is 23.7 Å². The van der Waals surface area contributed by atoms with Crippen LogP contribution in [0.1, 0.15) is 37.6 Å². The number of rotatable bonds is 9. The largest absolute Gasteiger partial charge is 0.488 e. The third-order valence-corrected chi connectivity index (χ3v) is 5.36. The maximum Gasteiger partial charge on any atom is 0.343 e. The van der Waals surface area contributed by atoms with Gasteiger partial charge in [-0.2, -0.15) is 0 Å². The Bertz CT molecular complexity index is 837. The third kappa shape index (κ3) is 4.89. The fraction of sp³-hybridized carbons (Fsp3) is 0.435. The van der Waals surface area contributed by atoms with E-state index in [1.165, 1.54) is 0 Å². The van der Waals surface area contributed by atoms with Gasteiger partial charge < -0.3 is 23.7 Å². The summed E-state index contributed by atoms with van der Waals surface area (Å²) < 4.78 is 27.9. The summed E-state index contributed by atoms with van der Waals surface area (Å²) in [6.07, 6.45) is 1.07. The van der Waals surface area contributed by atoms with Crippen molar-refractivity contribution in [3.8, 4) is 17.2 Å². The average Bonchev–Trinajstić information content (AvgIpc) is 3.65. The van der Waals surface area contributed by atoms with Crippen molar-refractivity contribution in [2.75, 3.05) is 13.2 Å². The minimum absolute atomic E-state index is 0.0557. The molecule has 0 bridgehead atoms. The molecule has 0 aromatic heterocycles. The van der Waals surface area contributed by atoms with Gasteiger partial charge in [0.2, 0.25) is 0 Å². The van der Waals surface area contributed by atoms with Crippen molar-refractivity contribution in [3.05, 3.63) is 54.1 Å². The van der Waals surface area contributed by atoms with Crippen molar-refractivity contribution in [2.45, 2.75) is 51.1 Å². The lowest BCUT2D eigenvalue weighted by Gasteiger charge is -2.18. The number of benzene rings is 2. The standard InChI is InChI=1S/C23H26O6/c1-4-20(21-13-25-21)28-18-9-11-19(12-10-18)29-22(24)16-5-7-17(8-6-16)27-15(2)23(3)14-26-23/h5-12,15,20-21H,4,13-14H2,1-3H3. The van der Waals surface area contributed by atoms with Gasteiger partial charge in [0.15, 0.2) is 0 Å². The summed E-state index contributed by atoms with van der Waals surface area (Å²) in [5.74, 6) is 1.47. The molecule has 4 rings (SSSR count).